The maximum atomic E-state index is 11.9. The summed E-state index contributed by atoms with van der Waals surface area (Å²) < 4.78 is 5.20. The van der Waals surface area contributed by atoms with Crippen LogP contribution in [0.15, 0.2) is 53.2 Å². The molecule has 1 heterocycles. The van der Waals surface area contributed by atoms with Gasteiger partial charge in [0.2, 0.25) is 0 Å². The Morgan fingerprint density at radius 2 is 1.94 bits per heavy atom. The second-order valence-electron chi connectivity index (χ2n) is 4.32. The summed E-state index contributed by atoms with van der Waals surface area (Å²) in [5, 5.41) is 2.27. The fourth-order valence-electron chi connectivity index (χ4n) is 2.38. The molecule has 2 aromatic carbocycles. The van der Waals surface area contributed by atoms with Crippen molar-refractivity contribution in [2.75, 3.05) is 0 Å². The Hall–Kier alpha value is -1.61. The first-order valence-electron chi connectivity index (χ1n) is 5.78. The standard InChI is InChI=1S/C15H11BrO2/c16-9-11-8-14(15(17)18-11)13-7-3-5-10-4-1-2-6-12(10)13/h1-7,9,14H,8H2/b11-9-. The van der Waals surface area contributed by atoms with E-state index in [9.17, 15) is 4.79 Å². The third-order valence-electron chi connectivity index (χ3n) is 3.24. The molecule has 1 saturated heterocycles. The Morgan fingerprint density at radius 1 is 1.17 bits per heavy atom. The van der Waals surface area contributed by atoms with E-state index in [1.165, 1.54) is 0 Å². The highest BCUT2D eigenvalue weighted by molar-refractivity contribution is 9.11. The number of halogens is 1. The van der Waals surface area contributed by atoms with Crippen molar-refractivity contribution in [3.8, 4) is 0 Å². The normalized spacial score (nSPS) is 21.5. The zero-order valence-electron chi connectivity index (χ0n) is 9.60. The van der Waals surface area contributed by atoms with E-state index >= 15 is 0 Å². The molecule has 0 aliphatic carbocycles. The molecule has 2 nitrogen and oxygen atoms in total. The molecular formula is C15H11BrO2. The van der Waals surface area contributed by atoms with Gasteiger partial charge >= 0.3 is 5.97 Å². The Bertz CT molecular complexity index is 640. The van der Waals surface area contributed by atoms with Crippen molar-refractivity contribution >= 4 is 32.7 Å². The van der Waals surface area contributed by atoms with Crippen LogP contribution in [0, 0.1) is 0 Å². The van der Waals surface area contributed by atoms with E-state index in [1.807, 2.05) is 30.3 Å². The van der Waals surface area contributed by atoms with E-state index in [4.69, 9.17) is 4.74 Å². The molecule has 1 aliphatic heterocycles. The molecule has 1 unspecified atom stereocenters. The van der Waals surface area contributed by atoms with Crippen LogP contribution in [0.3, 0.4) is 0 Å². The Kier molecular flexibility index (Phi) is 2.92. The minimum absolute atomic E-state index is 0.169. The van der Waals surface area contributed by atoms with Crippen LogP contribution in [-0.4, -0.2) is 5.97 Å². The summed E-state index contributed by atoms with van der Waals surface area (Å²) in [6.07, 6.45) is 0.623. The van der Waals surface area contributed by atoms with Crippen LogP contribution in [0.1, 0.15) is 17.9 Å². The van der Waals surface area contributed by atoms with Gasteiger partial charge in [0.25, 0.3) is 0 Å². The maximum Gasteiger partial charge on any atom is 0.318 e. The van der Waals surface area contributed by atoms with Crippen molar-refractivity contribution in [3.05, 3.63) is 58.8 Å². The van der Waals surface area contributed by atoms with Gasteiger partial charge in [0, 0.05) is 11.4 Å². The Morgan fingerprint density at radius 3 is 2.72 bits per heavy atom. The average Bonchev–Trinajstić information content (AvgIpc) is 2.79. The molecule has 0 N–H and O–H groups in total. The number of carbonyl (C=O) groups excluding carboxylic acids is 1. The highest BCUT2D eigenvalue weighted by atomic mass is 79.9. The lowest BCUT2D eigenvalue weighted by Gasteiger charge is -2.09. The zero-order chi connectivity index (χ0) is 12.5. The highest BCUT2D eigenvalue weighted by Crippen LogP contribution is 2.36. The fraction of sp³-hybridized carbons (Fsp3) is 0.133. The number of esters is 1. The number of benzene rings is 2. The monoisotopic (exact) mass is 302 g/mol. The SMILES string of the molecule is O=C1O/C(=C\Br)CC1c1cccc2ccccc12. The molecule has 1 atom stereocenters. The van der Waals surface area contributed by atoms with Gasteiger partial charge in [-0.15, -0.1) is 0 Å². The lowest BCUT2D eigenvalue weighted by atomic mass is 9.92. The summed E-state index contributed by atoms with van der Waals surface area (Å²) >= 11 is 3.21. The molecule has 18 heavy (non-hydrogen) atoms. The van der Waals surface area contributed by atoms with Gasteiger partial charge in [-0.1, -0.05) is 58.4 Å². The Balaban J connectivity index is 2.13. The molecule has 3 heteroatoms. The van der Waals surface area contributed by atoms with Crippen molar-refractivity contribution in [1.82, 2.24) is 0 Å². The van der Waals surface area contributed by atoms with Crippen LogP contribution in [0.25, 0.3) is 10.8 Å². The fourth-order valence-corrected chi connectivity index (χ4v) is 2.66. The van der Waals surface area contributed by atoms with Crippen LogP contribution in [-0.2, 0) is 9.53 Å². The summed E-state index contributed by atoms with van der Waals surface area (Å²) in [4.78, 5) is 13.6. The molecule has 1 aliphatic rings. The van der Waals surface area contributed by atoms with Gasteiger partial charge in [-0.05, 0) is 16.3 Å². The molecule has 3 rings (SSSR count). The molecule has 0 spiro atoms. The predicted octanol–water partition coefficient (Wildman–Crippen LogP) is 4.11. The summed E-state index contributed by atoms with van der Waals surface area (Å²) in [5.74, 6) is 0.329. The van der Waals surface area contributed by atoms with E-state index in [2.05, 4.69) is 28.1 Å². The number of cyclic esters (lactones) is 1. The zero-order valence-corrected chi connectivity index (χ0v) is 11.2. The molecule has 90 valence electrons. The second-order valence-corrected chi connectivity index (χ2v) is 4.78. The molecule has 0 aromatic heterocycles. The van der Waals surface area contributed by atoms with E-state index in [0.717, 1.165) is 16.3 Å². The minimum atomic E-state index is -0.195. The number of allylic oxidation sites excluding steroid dienone is 1. The number of fused-ring (bicyclic) bond motifs is 1. The van der Waals surface area contributed by atoms with E-state index in [0.29, 0.717) is 12.2 Å². The van der Waals surface area contributed by atoms with Gasteiger partial charge < -0.3 is 4.74 Å². The lowest BCUT2D eigenvalue weighted by molar-refractivity contribution is -0.136. The maximum absolute atomic E-state index is 11.9. The molecule has 0 radical (unpaired) electrons. The van der Waals surface area contributed by atoms with Crippen LogP contribution in [0.2, 0.25) is 0 Å². The van der Waals surface area contributed by atoms with Gasteiger partial charge in [0.15, 0.2) is 0 Å². The van der Waals surface area contributed by atoms with Gasteiger partial charge in [-0.3, -0.25) is 4.79 Å². The molecule has 1 fully saturated rings. The summed E-state index contributed by atoms with van der Waals surface area (Å²) in [7, 11) is 0. The molecular weight excluding hydrogens is 292 g/mol. The number of rotatable bonds is 1. The topological polar surface area (TPSA) is 26.3 Å². The number of hydrogen-bond donors (Lipinski definition) is 0. The number of hydrogen-bond acceptors (Lipinski definition) is 2. The third kappa shape index (κ3) is 1.85. The average molecular weight is 303 g/mol. The molecule has 0 amide bonds. The highest BCUT2D eigenvalue weighted by Gasteiger charge is 2.32. The van der Waals surface area contributed by atoms with E-state index in [1.54, 1.807) is 4.99 Å². The molecule has 0 saturated carbocycles. The van der Waals surface area contributed by atoms with Gasteiger partial charge in [-0.2, -0.15) is 0 Å². The van der Waals surface area contributed by atoms with E-state index in [-0.39, 0.29) is 11.9 Å². The summed E-state index contributed by atoms with van der Waals surface area (Å²) in [6.45, 7) is 0. The van der Waals surface area contributed by atoms with Crippen LogP contribution in [0.5, 0.6) is 0 Å². The first-order valence-corrected chi connectivity index (χ1v) is 6.70. The van der Waals surface area contributed by atoms with Crippen LogP contribution < -0.4 is 0 Å². The van der Waals surface area contributed by atoms with Crippen molar-refractivity contribution in [1.29, 1.82) is 0 Å². The predicted molar refractivity (Wildman–Crippen MR) is 74.4 cm³/mol. The van der Waals surface area contributed by atoms with Crippen molar-refractivity contribution in [3.63, 3.8) is 0 Å². The largest absolute Gasteiger partial charge is 0.430 e. The quantitative estimate of drug-likeness (QED) is 0.741. The molecule has 0 bridgehead atoms. The molecule has 2 aromatic rings. The van der Waals surface area contributed by atoms with Gasteiger partial charge in [0.1, 0.15) is 5.76 Å². The lowest BCUT2D eigenvalue weighted by Crippen LogP contribution is -2.05. The first-order chi connectivity index (χ1) is 8.79. The third-order valence-corrected chi connectivity index (χ3v) is 3.75. The van der Waals surface area contributed by atoms with Crippen LogP contribution in [0.4, 0.5) is 0 Å². The second kappa shape index (κ2) is 4.58. The van der Waals surface area contributed by atoms with Crippen molar-refractivity contribution in [2.45, 2.75) is 12.3 Å². The summed E-state index contributed by atoms with van der Waals surface area (Å²) in [5.41, 5.74) is 1.04. The number of carbonyl (C=O) groups is 1. The van der Waals surface area contributed by atoms with Gasteiger partial charge in [-0.25, -0.2) is 0 Å². The number of ether oxygens (including phenoxy) is 1. The van der Waals surface area contributed by atoms with Gasteiger partial charge in [0.05, 0.1) is 5.92 Å². The van der Waals surface area contributed by atoms with Crippen LogP contribution >= 0.6 is 15.9 Å². The smallest absolute Gasteiger partial charge is 0.318 e. The minimum Gasteiger partial charge on any atom is -0.430 e. The van der Waals surface area contributed by atoms with E-state index < -0.39 is 0 Å². The Labute approximate surface area is 113 Å². The van der Waals surface area contributed by atoms with Crippen molar-refractivity contribution < 1.29 is 9.53 Å². The summed E-state index contributed by atoms with van der Waals surface area (Å²) in [6, 6.07) is 14.1. The first kappa shape index (κ1) is 11.5. The van der Waals surface area contributed by atoms with Crippen molar-refractivity contribution in [2.24, 2.45) is 0 Å².